The quantitative estimate of drug-likeness (QED) is 0.319. The van der Waals surface area contributed by atoms with Gasteiger partial charge in [-0.25, -0.2) is 4.98 Å². The molecule has 0 aliphatic rings. The van der Waals surface area contributed by atoms with Gasteiger partial charge < -0.3 is 8.83 Å². The van der Waals surface area contributed by atoms with Crippen molar-refractivity contribution >= 4 is 44.3 Å². The summed E-state index contributed by atoms with van der Waals surface area (Å²) in [7, 11) is 0. The van der Waals surface area contributed by atoms with E-state index in [0.717, 1.165) is 49.0 Å². The maximum Gasteiger partial charge on any atom is 0.226 e. The molecule has 0 N–H and O–H groups in total. The first-order chi connectivity index (χ1) is 13.6. The molecule has 0 atom stereocenters. The largest absolute Gasteiger partial charge is 0.463 e. The van der Waals surface area contributed by atoms with Crippen LogP contribution in [0.4, 0.5) is 0 Å². The zero-order valence-corrected chi connectivity index (χ0v) is 17.5. The molecule has 0 bridgehead atoms. The SMILES string of the molecule is Cc1oc(-c2cccc(Br)c2)nc1CSc1nnc(C)n2c1cc1occc12. The Bertz CT molecular complexity index is 1320. The maximum absolute atomic E-state index is 5.88. The number of hydrogen-bond acceptors (Lipinski definition) is 6. The van der Waals surface area contributed by atoms with Crippen LogP contribution in [0.5, 0.6) is 0 Å². The minimum atomic E-state index is 0.620. The first-order valence-corrected chi connectivity index (χ1v) is 10.4. The molecule has 28 heavy (non-hydrogen) atoms. The molecule has 8 heteroatoms. The minimum Gasteiger partial charge on any atom is -0.463 e. The van der Waals surface area contributed by atoms with E-state index in [4.69, 9.17) is 8.83 Å². The second-order valence-corrected chi connectivity index (χ2v) is 8.29. The molecule has 140 valence electrons. The molecule has 0 aliphatic heterocycles. The van der Waals surface area contributed by atoms with Gasteiger partial charge in [0, 0.05) is 27.9 Å². The van der Waals surface area contributed by atoms with E-state index in [2.05, 4.69) is 35.5 Å². The molecule has 0 saturated carbocycles. The normalized spacial score (nSPS) is 11.7. The smallest absolute Gasteiger partial charge is 0.226 e. The Labute approximate surface area is 173 Å². The highest BCUT2D eigenvalue weighted by atomic mass is 79.9. The molecule has 0 saturated heterocycles. The van der Waals surface area contributed by atoms with Crippen LogP contribution in [0.1, 0.15) is 17.3 Å². The minimum absolute atomic E-state index is 0.620. The monoisotopic (exact) mass is 454 g/mol. The highest BCUT2D eigenvalue weighted by molar-refractivity contribution is 9.10. The van der Waals surface area contributed by atoms with Crippen molar-refractivity contribution in [1.82, 2.24) is 19.6 Å². The van der Waals surface area contributed by atoms with Gasteiger partial charge in [-0.1, -0.05) is 33.8 Å². The number of oxazole rings is 1. The summed E-state index contributed by atoms with van der Waals surface area (Å²) < 4.78 is 14.5. The Morgan fingerprint density at radius 1 is 1.11 bits per heavy atom. The van der Waals surface area contributed by atoms with Gasteiger partial charge in [-0.15, -0.1) is 10.2 Å². The molecule has 5 aromatic rings. The maximum atomic E-state index is 5.88. The lowest BCUT2D eigenvalue weighted by molar-refractivity contribution is 0.540. The van der Waals surface area contributed by atoms with E-state index in [1.807, 2.05) is 50.2 Å². The number of furan rings is 1. The molecule has 4 aromatic heterocycles. The van der Waals surface area contributed by atoms with Crippen LogP contribution >= 0.6 is 27.7 Å². The summed E-state index contributed by atoms with van der Waals surface area (Å²) in [5.41, 5.74) is 4.65. The van der Waals surface area contributed by atoms with Crippen LogP contribution in [0.2, 0.25) is 0 Å². The summed E-state index contributed by atoms with van der Waals surface area (Å²) in [6.45, 7) is 3.87. The summed E-state index contributed by atoms with van der Waals surface area (Å²) in [6.07, 6.45) is 1.69. The molecule has 6 nitrogen and oxygen atoms in total. The Hall–Kier alpha value is -2.58. The van der Waals surface area contributed by atoms with Gasteiger partial charge in [0.2, 0.25) is 5.89 Å². The van der Waals surface area contributed by atoms with Crippen molar-refractivity contribution in [3.63, 3.8) is 0 Å². The van der Waals surface area contributed by atoms with E-state index in [0.29, 0.717) is 11.6 Å². The molecule has 5 rings (SSSR count). The molecular formula is C20H15BrN4O2S. The molecule has 0 spiro atoms. The fraction of sp³-hybridized carbons (Fsp3) is 0.150. The second-order valence-electron chi connectivity index (χ2n) is 6.41. The lowest BCUT2D eigenvalue weighted by Crippen LogP contribution is -2.00. The van der Waals surface area contributed by atoms with Crippen LogP contribution in [0.3, 0.4) is 0 Å². The molecule has 1 aromatic carbocycles. The van der Waals surface area contributed by atoms with Crippen LogP contribution in [0.15, 0.2) is 61.0 Å². The molecule has 0 fully saturated rings. The number of fused-ring (bicyclic) bond motifs is 3. The Morgan fingerprint density at radius 3 is 2.86 bits per heavy atom. The number of aromatic nitrogens is 4. The molecule has 0 amide bonds. The number of benzene rings is 1. The average Bonchev–Trinajstić information content (AvgIpc) is 3.36. The number of halogens is 1. The standard InChI is InChI=1S/C20H15BrN4O2S/c1-11-15(22-19(27-11)13-4-3-5-14(21)8-13)10-28-20-17-9-18-16(6-7-26-18)25(17)12(2)23-24-20/h3-9H,10H2,1-2H3. The van der Waals surface area contributed by atoms with Crippen molar-refractivity contribution in [3.05, 3.63) is 64.4 Å². The summed E-state index contributed by atoms with van der Waals surface area (Å²) in [5.74, 6) is 2.89. The molecule has 0 radical (unpaired) electrons. The van der Waals surface area contributed by atoms with Crippen LogP contribution in [0, 0.1) is 13.8 Å². The van der Waals surface area contributed by atoms with Gasteiger partial charge in [0.15, 0.2) is 5.58 Å². The van der Waals surface area contributed by atoms with Gasteiger partial charge in [0.25, 0.3) is 0 Å². The second kappa shape index (κ2) is 6.79. The first kappa shape index (κ1) is 17.5. The van der Waals surface area contributed by atoms with Crippen molar-refractivity contribution < 1.29 is 8.83 Å². The van der Waals surface area contributed by atoms with Crippen molar-refractivity contribution in [2.75, 3.05) is 0 Å². The summed E-state index contributed by atoms with van der Waals surface area (Å²) in [4.78, 5) is 4.68. The predicted molar refractivity (Wildman–Crippen MR) is 111 cm³/mol. The van der Waals surface area contributed by atoms with Gasteiger partial charge in [-0.2, -0.15) is 0 Å². The van der Waals surface area contributed by atoms with Gasteiger partial charge in [0.1, 0.15) is 16.6 Å². The van der Waals surface area contributed by atoms with E-state index in [9.17, 15) is 0 Å². The van der Waals surface area contributed by atoms with Crippen LogP contribution in [-0.4, -0.2) is 19.6 Å². The van der Waals surface area contributed by atoms with Crippen LogP contribution in [0.25, 0.3) is 28.1 Å². The summed E-state index contributed by atoms with van der Waals surface area (Å²) >= 11 is 5.08. The zero-order chi connectivity index (χ0) is 19.3. The van der Waals surface area contributed by atoms with E-state index >= 15 is 0 Å². The highest BCUT2D eigenvalue weighted by Crippen LogP contribution is 2.32. The zero-order valence-electron chi connectivity index (χ0n) is 15.1. The van der Waals surface area contributed by atoms with Crippen molar-refractivity contribution in [2.45, 2.75) is 24.6 Å². The Kier molecular flexibility index (Phi) is 4.25. The number of thioether (sulfide) groups is 1. The number of nitrogens with zero attached hydrogens (tertiary/aromatic N) is 4. The van der Waals surface area contributed by atoms with Gasteiger partial charge in [0.05, 0.1) is 23.0 Å². The van der Waals surface area contributed by atoms with Crippen molar-refractivity contribution in [1.29, 1.82) is 0 Å². The van der Waals surface area contributed by atoms with Crippen LogP contribution < -0.4 is 0 Å². The number of aryl methyl sites for hydroxylation is 2. The molecular weight excluding hydrogens is 440 g/mol. The lowest BCUT2D eigenvalue weighted by atomic mass is 10.2. The first-order valence-electron chi connectivity index (χ1n) is 8.67. The van der Waals surface area contributed by atoms with E-state index in [1.165, 1.54) is 0 Å². The van der Waals surface area contributed by atoms with Crippen LogP contribution in [-0.2, 0) is 5.75 Å². The topological polar surface area (TPSA) is 69.4 Å². The molecule has 4 heterocycles. The predicted octanol–water partition coefficient (Wildman–Crippen LogP) is 5.80. The third-order valence-corrected chi connectivity index (χ3v) is 6.04. The highest BCUT2D eigenvalue weighted by Gasteiger charge is 2.16. The fourth-order valence-electron chi connectivity index (χ4n) is 3.19. The fourth-order valence-corrected chi connectivity index (χ4v) is 4.53. The van der Waals surface area contributed by atoms with Gasteiger partial charge in [-0.3, -0.25) is 4.40 Å². The van der Waals surface area contributed by atoms with Crippen molar-refractivity contribution in [2.24, 2.45) is 0 Å². The average molecular weight is 455 g/mol. The lowest BCUT2D eigenvalue weighted by Gasteiger charge is -2.04. The van der Waals surface area contributed by atoms with E-state index < -0.39 is 0 Å². The summed E-state index contributed by atoms with van der Waals surface area (Å²) in [6, 6.07) is 11.9. The van der Waals surface area contributed by atoms with E-state index in [-0.39, 0.29) is 0 Å². The van der Waals surface area contributed by atoms with Gasteiger partial charge >= 0.3 is 0 Å². The summed E-state index contributed by atoms with van der Waals surface area (Å²) in [5, 5.41) is 9.53. The third-order valence-electron chi connectivity index (χ3n) is 4.56. The molecule has 0 aliphatic carbocycles. The molecule has 0 unspecified atom stereocenters. The number of hydrogen-bond donors (Lipinski definition) is 0. The Balaban J connectivity index is 1.46. The third kappa shape index (κ3) is 2.93. The van der Waals surface area contributed by atoms with E-state index in [1.54, 1.807) is 18.0 Å². The number of rotatable bonds is 4. The Morgan fingerprint density at radius 2 is 2.00 bits per heavy atom. The van der Waals surface area contributed by atoms with Crippen molar-refractivity contribution in [3.8, 4) is 11.5 Å². The van der Waals surface area contributed by atoms with Gasteiger partial charge in [-0.05, 0) is 32.0 Å².